The topological polar surface area (TPSA) is 54.2 Å². The second-order valence-corrected chi connectivity index (χ2v) is 4.16. The Morgan fingerprint density at radius 1 is 1.42 bits per heavy atom. The maximum atomic E-state index is 13.3. The van der Waals surface area contributed by atoms with Crippen molar-refractivity contribution in [2.75, 3.05) is 18.5 Å². The van der Waals surface area contributed by atoms with Crippen LogP contribution in [0.15, 0.2) is 28.7 Å². The van der Waals surface area contributed by atoms with Gasteiger partial charge in [-0.3, -0.25) is 4.90 Å². The van der Waals surface area contributed by atoms with Crippen LogP contribution in [0.2, 0.25) is 0 Å². The molecule has 0 aliphatic carbocycles. The lowest BCUT2D eigenvalue weighted by Crippen LogP contribution is -2.16. The summed E-state index contributed by atoms with van der Waals surface area (Å²) in [6.45, 7) is 4.48. The summed E-state index contributed by atoms with van der Waals surface area (Å²) < 4.78 is 18.9. The molecule has 0 saturated heterocycles. The van der Waals surface area contributed by atoms with Gasteiger partial charge < -0.3 is 9.73 Å². The first-order valence-corrected chi connectivity index (χ1v) is 6.19. The smallest absolute Gasteiger partial charge is 0.322 e. The van der Waals surface area contributed by atoms with E-state index in [1.807, 2.05) is 20.9 Å². The molecule has 0 fully saturated rings. The molecule has 0 bridgehead atoms. The van der Waals surface area contributed by atoms with Gasteiger partial charge in [-0.1, -0.05) is 11.2 Å². The fourth-order valence-corrected chi connectivity index (χ4v) is 1.71. The third-order valence-electron chi connectivity index (χ3n) is 2.90. The third-order valence-corrected chi connectivity index (χ3v) is 2.90. The molecule has 1 heterocycles. The zero-order valence-electron chi connectivity index (χ0n) is 11.2. The molecule has 1 aromatic heterocycles. The molecule has 1 atom stereocenters. The molecule has 1 aromatic carbocycles. The number of halogens is 1. The van der Waals surface area contributed by atoms with E-state index in [2.05, 4.69) is 15.5 Å². The van der Waals surface area contributed by atoms with Crippen molar-refractivity contribution < 1.29 is 8.81 Å². The van der Waals surface area contributed by atoms with Crippen molar-refractivity contribution >= 4 is 11.7 Å². The number of benzene rings is 1. The molecule has 102 valence electrons. The standard InChI is InChI=1S/C13H17FN4O/c1-4-18(11-7-5-6-10(14)8-11)13-17-16-12(19-13)9(2)15-3/h5-9,15H,4H2,1-3H3. The van der Waals surface area contributed by atoms with Crippen LogP contribution in [-0.4, -0.2) is 23.8 Å². The molecule has 0 amide bonds. The average molecular weight is 264 g/mol. The highest BCUT2D eigenvalue weighted by Crippen LogP contribution is 2.25. The zero-order chi connectivity index (χ0) is 13.8. The van der Waals surface area contributed by atoms with Gasteiger partial charge in [-0.15, -0.1) is 5.10 Å². The molecule has 1 N–H and O–H groups in total. The van der Waals surface area contributed by atoms with E-state index in [0.717, 1.165) is 0 Å². The van der Waals surface area contributed by atoms with Crippen LogP contribution in [-0.2, 0) is 0 Å². The maximum Gasteiger partial charge on any atom is 0.322 e. The van der Waals surface area contributed by atoms with Gasteiger partial charge in [0, 0.05) is 12.2 Å². The Morgan fingerprint density at radius 2 is 2.21 bits per heavy atom. The minimum Gasteiger partial charge on any atom is -0.406 e. The summed E-state index contributed by atoms with van der Waals surface area (Å²) in [5, 5.41) is 11.0. The highest BCUT2D eigenvalue weighted by molar-refractivity contribution is 5.55. The van der Waals surface area contributed by atoms with Crippen LogP contribution in [0.4, 0.5) is 16.1 Å². The number of hydrogen-bond acceptors (Lipinski definition) is 5. The Labute approximate surface area is 111 Å². The summed E-state index contributed by atoms with van der Waals surface area (Å²) in [7, 11) is 1.82. The quantitative estimate of drug-likeness (QED) is 0.899. The van der Waals surface area contributed by atoms with E-state index >= 15 is 0 Å². The molecule has 5 nitrogen and oxygen atoms in total. The van der Waals surface area contributed by atoms with Gasteiger partial charge in [-0.25, -0.2) is 4.39 Å². The van der Waals surface area contributed by atoms with Crippen LogP contribution >= 0.6 is 0 Å². The van der Waals surface area contributed by atoms with Gasteiger partial charge in [0.15, 0.2) is 0 Å². The predicted molar refractivity (Wildman–Crippen MR) is 70.9 cm³/mol. The SMILES string of the molecule is CCN(c1cccc(F)c1)c1nnc(C(C)NC)o1. The number of nitrogens with zero attached hydrogens (tertiary/aromatic N) is 3. The van der Waals surface area contributed by atoms with E-state index in [9.17, 15) is 4.39 Å². The van der Waals surface area contributed by atoms with Gasteiger partial charge in [-0.05, 0) is 39.1 Å². The maximum absolute atomic E-state index is 13.3. The van der Waals surface area contributed by atoms with E-state index < -0.39 is 0 Å². The molecular weight excluding hydrogens is 247 g/mol. The van der Waals surface area contributed by atoms with Crippen molar-refractivity contribution in [3.05, 3.63) is 36.0 Å². The molecular formula is C13H17FN4O. The molecule has 2 aromatic rings. The van der Waals surface area contributed by atoms with Gasteiger partial charge in [0.25, 0.3) is 0 Å². The largest absolute Gasteiger partial charge is 0.406 e. The summed E-state index contributed by atoms with van der Waals surface area (Å²) in [5.41, 5.74) is 0.690. The summed E-state index contributed by atoms with van der Waals surface area (Å²) in [6, 6.07) is 6.64. The average Bonchev–Trinajstić information content (AvgIpc) is 2.88. The predicted octanol–water partition coefficient (Wildman–Crippen LogP) is 2.65. The van der Waals surface area contributed by atoms with Gasteiger partial charge in [-0.2, -0.15) is 0 Å². The lowest BCUT2D eigenvalue weighted by Gasteiger charge is -2.17. The molecule has 2 rings (SSSR count). The number of nitrogens with one attached hydrogen (secondary N) is 1. The Morgan fingerprint density at radius 3 is 2.84 bits per heavy atom. The first-order valence-electron chi connectivity index (χ1n) is 6.19. The second kappa shape index (κ2) is 5.79. The summed E-state index contributed by atoms with van der Waals surface area (Å²) in [6.07, 6.45) is 0. The Balaban J connectivity index is 2.29. The number of hydrogen-bond donors (Lipinski definition) is 1. The Hall–Kier alpha value is -1.95. The van der Waals surface area contributed by atoms with Crippen LogP contribution in [0.3, 0.4) is 0 Å². The van der Waals surface area contributed by atoms with Crippen LogP contribution < -0.4 is 10.2 Å². The highest BCUT2D eigenvalue weighted by atomic mass is 19.1. The van der Waals surface area contributed by atoms with Crippen molar-refractivity contribution in [3.8, 4) is 0 Å². The molecule has 19 heavy (non-hydrogen) atoms. The first kappa shape index (κ1) is 13.5. The number of anilines is 2. The monoisotopic (exact) mass is 264 g/mol. The molecule has 0 radical (unpaired) electrons. The van der Waals surface area contributed by atoms with Crippen LogP contribution in [0.5, 0.6) is 0 Å². The van der Waals surface area contributed by atoms with Gasteiger partial charge in [0.1, 0.15) is 5.82 Å². The van der Waals surface area contributed by atoms with E-state index in [1.165, 1.54) is 12.1 Å². The zero-order valence-corrected chi connectivity index (χ0v) is 11.2. The fourth-order valence-electron chi connectivity index (χ4n) is 1.71. The van der Waals surface area contributed by atoms with E-state index in [0.29, 0.717) is 24.1 Å². The van der Waals surface area contributed by atoms with E-state index in [-0.39, 0.29) is 11.9 Å². The van der Waals surface area contributed by atoms with Crippen molar-refractivity contribution in [2.24, 2.45) is 0 Å². The lowest BCUT2D eigenvalue weighted by molar-refractivity contribution is 0.435. The minimum absolute atomic E-state index is 0.0209. The summed E-state index contributed by atoms with van der Waals surface area (Å²) >= 11 is 0. The lowest BCUT2D eigenvalue weighted by atomic mass is 10.3. The third kappa shape index (κ3) is 2.90. The summed E-state index contributed by atoms with van der Waals surface area (Å²) in [4.78, 5) is 1.77. The molecule has 0 spiro atoms. The first-order chi connectivity index (χ1) is 9.15. The van der Waals surface area contributed by atoms with Gasteiger partial charge >= 0.3 is 6.01 Å². The van der Waals surface area contributed by atoms with Crippen LogP contribution in [0, 0.1) is 5.82 Å². The van der Waals surface area contributed by atoms with Crippen LogP contribution in [0.25, 0.3) is 0 Å². The second-order valence-electron chi connectivity index (χ2n) is 4.16. The van der Waals surface area contributed by atoms with Gasteiger partial charge in [0.05, 0.1) is 6.04 Å². The highest BCUT2D eigenvalue weighted by Gasteiger charge is 2.17. The molecule has 0 aliphatic heterocycles. The van der Waals surface area contributed by atoms with Crippen molar-refractivity contribution in [2.45, 2.75) is 19.9 Å². The Bertz CT molecular complexity index is 543. The van der Waals surface area contributed by atoms with Gasteiger partial charge in [0.2, 0.25) is 5.89 Å². The molecule has 1 unspecified atom stereocenters. The van der Waals surface area contributed by atoms with Crippen molar-refractivity contribution in [1.82, 2.24) is 15.5 Å². The Kier molecular flexibility index (Phi) is 4.11. The number of rotatable bonds is 5. The van der Waals surface area contributed by atoms with Crippen molar-refractivity contribution in [3.63, 3.8) is 0 Å². The molecule has 0 aliphatic rings. The number of aromatic nitrogens is 2. The van der Waals surface area contributed by atoms with Crippen molar-refractivity contribution in [1.29, 1.82) is 0 Å². The molecule has 6 heteroatoms. The van der Waals surface area contributed by atoms with Crippen LogP contribution in [0.1, 0.15) is 25.8 Å². The minimum atomic E-state index is -0.292. The summed E-state index contributed by atoms with van der Waals surface area (Å²) in [5.74, 6) is 0.214. The fraction of sp³-hybridized carbons (Fsp3) is 0.385. The van der Waals surface area contributed by atoms with E-state index in [4.69, 9.17) is 4.42 Å². The normalized spacial score (nSPS) is 12.4. The van der Waals surface area contributed by atoms with E-state index in [1.54, 1.807) is 17.0 Å². The molecule has 0 saturated carbocycles.